The van der Waals surface area contributed by atoms with Crippen molar-refractivity contribution in [2.24, 2.45) is 5.73 Å². The van der Waals surface area contributed by atoms with Crippen molar-refractivity contribution in [3.63, 3.8) is 0 Å². The minimum atomic E-state index is -0.481. The molecule has 1 aliphatic carbocycles. The van der Waals surface area contributed by atoms with Gasteiger partial charge in [-0.05, 0) is 24.1 Å². The Labute approximate surface area is 89.2 Å². The van der Waals surface area contributed by atoms with Crippen LogP contribution in [0.4, 0.5) is 0 Å². The second-order valence-corrected chi connectivity index (χ2v) is 4.10. The van der Waals surface area contributed by atoms with Gasteiger partial charge in [-0.2, -0.15) is 0 Å². The molecule has 1 atom stereocenters. The molecule has 3 nitrogen and oxygen atoms in total. The molecule has 3 heteroatoms. The number of ether oxygens (including phenoxy) is 1. The molecule has 1 saturated carbocycles. The Balaban J connectivity index is 2.32. The van der Waals surface area contributed by atoms with Gasteiger partial charge in [0, 0.05) is 18.4 Å². The Bertz CT molecular complexity index is 389. The molecule has 2 N–H and O–H groups in total. The number of carbonyl (C=O) groups is 1. The number of rotatable bonds is 2. The van der Waals surface area contributed by atoms with Crippen molar-refractivity contribution in [3.8, 4) is 5.75 Å². The Morgan fingerprint density at radius 3 is 2.87 bits per heavy atom. The predicted octanol–water partition coefficient (Wildman–Crippen LogP) is 1.60. The number of benzene rings is 1. The smallest absolute Gasteiger partial charge is 0.135 e. The van der Waals surface area contributed by atoms with Gasteiger partial charge in [-0.1, -0.05) is 12.1 Å². The summed E-state index contributed by atoms with van der Waals surface area (Å²) in [7, 11) is 1.63. The number of Topliss-reactive ketones (excluding diaryl/α,β-unsaturated/α-hetero) is 1. The fraction of sp³-hybridized carbons (Fsp3) is 0.417. The fourth-order valence-corrected chi connectivity index (χ4v) is 2.07. The Morgan fingerprint density at radius 1 is 1.47 bits per heavy atom. The lowest BCUT2D eigenvalue weighted by Gasteiger charge is -2.23. The summed E-state index contributed by atoms with van der Waals surface area (Å²) in [6.07, 6.45) is 1.77. The molecule has 80 valence electrons. The highest BCUT2D eigenvalue weighted by atomic mass is 16.5. The SMILES string of the molecule is COc1cccc(C2(N)CCC(=O)C2)c1. The van der Waals surface area contributed by atoms with Crippen LogP contribution in [0.2, 0.25) is 0 Å². The molecule has 1 aromatic rings. The summed E-state index contributed by atoms with van der Waals surface area (Å²) in [5.74, 6) is 1.04. The van der Waals surface area contributed by atoms with Gasteiger partial charge >= 0.3 is 0 Å². The zero-order chi connectivity index (χ0) is 10.9. The van der Waals surface area contributed by atoms with E-state index < -0.39 is 5.54 Å². The Kier molecular flexibility index (Phi) is 2.49. The summed E-state index contributed by atoms with van der Waals surface area (Å²) in [6.45, 7) is 0. The van der Waals surface area contributed by atoms with Crippen LogP contribution in [-0.4, -0.2) is 12.9 Å². The molecule has 0 aromatic heterocycles. The standard InChI is InChI=1S/C12H15NO2/c1-15-11-4-2-3-9(7-11)12(13)6-5-10(14)8-12/h2-4,7H,5-6,8,13H2,1H3. The normalized spacial score (nSPS) is 25.6. The van der Waals surface area contributed by atoms with E-state index in [4.69, 9.17) is 10.5 Å². The average molecular weight is 205 g/mol. The number of ketones is 1. The summed E-state index contributed by atoms with van der Waals surface area (Å²) < 4.78 is 5.15. The van der Waals surface area contributed by atoms with Crippen molar-refractivity contribution in [2.75, 3.05) is 7.11 Å². The number of carbonyl (C=O) groups excluding carboxylic acids is 1. The first-order chi connectivity index (χ1) is 7.14. The van der Waals surface area contributed by atoms with E-state index in [1.54, 1.807) is 7.11 Å². The van der Waals surface area contributed by atoms with E-state index >= 15 is 0 Å². The highest BCUT2D eigenvalue weighted by Crippen LogP contribution is 2.35. The van der Waals surface area contributed by atoms with E-state index in [2.05, 4.69) is 0 Å². The molecule has 0 spiro atoms. The molecule has 0 aliphatic heterocycles. The maximum absolute atomic E-state index is 11.3. The van der Waals surface area contributed by atoms with Crippen molar-refractivity contribution < 1.29 is 9.53 Å². The maximum Gasteiger partial charge on any atom is 0.135 e. The monoisotopic (exact) mass is 205 g/mol. The third-order valence-electron chi connectivity index (χ3n) is 3.01. The number of hydrogen-bond donors (Lipinski definition) is 1. The van der Waals surface area contributed by atoms with Crippen LogP contribution >= 0.6 is 0 Å². The van der Waals surface area contributed by atoms with Crippen molar-refractivity contribution in [3.05, 3.63) is 29.8 Å². The molecule has 0 amide bonds. The molecule has 0 saturated heterocycles. The number of hydrogen-bond acceptors (Lipinski definition) is 3. The number of nitrogens with two attached hydrogens (primary N) is 1. The second-order valence-electron chi connectivity index (χ2n) is 4.10. The maximum atomic E-state index is 11.3. The van der Waals surface area contributed by atoms with Crippen LogP contribution in [0.1, 0.15) is 24.8 Å². The predicted molar refractivity (Wildman–Crippen MR) is 57.7 cm³/mol. The zero-order valence-electron chi connectivity index (χ0n) is 8.82. The highest BCUT2D eigenvalue weighted by molar-refractivity contribution is 5.82. The lowest BCUT2D eigenvalue weighted by molar-refractivity contribution is -0.117. The Morgan fingerprint density at radius 2 is 2.27 bits per heavy atom. The van der Waals surface area contributed by atoms with Crippen LogP contribution in [0, 0.1) is 0 Å². The first-order valence-electron chi connectivity index (χ1n) is 5.09. The first kappa shape index (κ1) is 10.2. The largest absolute Gasteiger partial charge is 0.497 e. The van der Waals surface area contributed by atoms with Crippen LogP contribution < -0.4 is 10.5 Å². The summed E-state index contributed by atoms with van der Waals surface area (Å²) in [4.78, 5) is 11.3. The van der Waals surface area contributed by atoms with Gasteiger partial charge in [0.15, 0.2) is 0 Å². The molecular formula is C12H15NO2. The van der Waals surface area contributed by atoms with E-state index in [-0.39, 0.29) is 5.78 Å². The van der Waals surface area contributed by atoms with Crippen LogP contribution in [0.15, 0.2) is 24.3 Å². The Hall–Kier alpha value is -1.35. The topological polar surface area (TPSA) is 52.3 Å². The van der Waals surface area contributed by atoms with Crippen LogP contribution in [0.3, 0.4) is 0 Å². The van der Waals surface area contributed by atoms with Gasteiger partial charge in [0.2, 0.25) is 0 Å². The van der Waals surface area contributed by atoms with Crippen molar-refractivity contribution in [1.82, 2.24) is 0 Å². The molecule has 1 fully saturated rings. The summed E-state index contributed by atoms with van der Waals surface area (Å²) in [5.41, 5.74) is 6.73. The molecule has 1 unspecified atom stereocenters. The lowest BCUT2D eigenvalue weighted by atomic mass is 9.89. The lowest BCUT2D eigenvalue weighted by Crippen LogP contribution is -2.33. The van der Waals surface area contributed by atoms with Gasteiger partial charge in [-0.25, -0.2) is 0 Å². The van der Waals surface area contributed by atoms with Crippen LogP contribution in [0.5, 0.6) is 5.75 Å². The van der Waals surface area contributed by atoms with E-state index in [1.165, 1.54) is 0 Å². The fourth-order valence-electron chi connectivity index (χ4n) is 2.07. The molecule has 1 aliphatic rings. The average Bonchev–Trinajstić information content (AvgIpc) is 2.60. The molecule has 0 radical (unpaired) electrons. The summed E-state index contributed by atoms with van der Waals surface area (Å²) in [6, 6.07) is 7.66. The minimum absolute atomic E-state index is 0.250. The first-order valence-corrected chi connectivity index (χ1v) is 5.09. The van der Waals surface area contributed by atoms with Crippen molar-refractivity contribution in [1.29, 1.82) is 0 Å². The van der Waals surface area contributed by atoms with Gasteiger partial charge in [0.1, 0.15) is 11.5 Å². The van der Waals surface area contributed by atoms with Gasteiger partial charge in [-0.3, -0.25) is 4.79 Å². The van der Waals surface area contributed by atoms with Gasteiger partial charge in [-0.15, -0.1) is 0 Å². The van der Waals surface area contributed by atoms with Gasteiger partial charge in [0.25, 0.3) is 0 Å². The van der Waals surface area contributed by atoms with Crippen LogP contribution in [0.25, 0.3) is 0 Å². The van der Waals surface area contributed by atoms with Gasteiger partial charge < -0.3 is 10.5 Å². The zero-order valence-corrected chi connectivity index (χ0v) is 8.82. The third kappa shape index (κ3) is 1.88. The van der Waals surface area contributed by atoms with E-state index in [0.29, 0.717) is 12.8 Å². The molecule has 0 bridgehead atoms. The molecule has 15 heavy (non-hydrogen) atoms. The number of methoxy groups -OCH3 is 1. The van der Waals surface area contributed by atoms with E-state index in [1.807, 2.05) is 24.3 Å². The second kappa shape index (κ2) is 3.66. The molecular weight excluding hydrogens is 190 g/mol. The van der Waals surface area contributed by atoms with E-state index in [9.17, 15) is 4.79 Å². The minimum Gasteiger partial charge on any atom is -0.497 e. The van der Waals surface area contributed by atoms with Crippen molar-refractivity contribution in [2.45, 2.75) is 24.8 Å². The molecule has 2 rings (SSSR count). The van der Waals surface area contributed by atoms with E-state index in [0.717, 1.165) is 17.7 Å². The van der Waals surface area contributed by atoms with Crippen molar-refractivity contribution >= 4 is 5.78 Å². The third-order valence-corrected chi connectivity index (χ3v) is 3.01. The quantitative estimate of drug-likeness (QED) is 0.797. The van der Waals surface area contributed by atoms with Gasteiger partial charge in [0.05, 0.1) is 7.11 Å². The highest BCUT2D eigenvalue weighted by Gasteiger charge is 2.36. The summed E-state index contributed by atoms with van der Waals surface area (Å²) >= 11 is 0. The van der Waals surface area contributed by atoms with Crippen LogP contribution in [-0.2, 0) is 10.3 Å². The summed E-state index contributed by atoms with van der Waals surface area (Å²) in [5, 5.41) is 0. The molecule has 1 aromatic carbocycles. The molecule has 0 heterocycles.